The van der Waals surface area contributed by atoms with Crippen molar-refractivity contribution in [1.29, 1.82) is 0 Å². The number of imide groups is 2. The largest absolute Gasteiger partial charge is 0.379 e. The van der Waals surface area contributed by atoms with E-state index < -0.39 is 55.4 Å². The van der Waals surface area contributed by atoms with E-state index >= 15 is 0 Å². The first-order valence-corrected chi connectivity index (χ1v) is 18.9. The molecule has 274 valence electrons. The maximum Gasteiger partial charge on any atom is 0.294 e. The van der Waals surface area contributed by atoms with Gasteiger partial charge >= 0.3 is 0 Å². The summed E-state index contributed by atoms with van der Waals surface area (Å²) in [4.78, 5) is 50.2. The van der Waals surface area contributed by atoms with Crippen molar-refractivity contribution in [3.8, 4) is 0 Å². The third kappa shape index (κ3) is 10.5. The number of carbonyl (C=O) groups excluding carboxylic acids is 4. The number of amides is 4. The highest BCUT2D eigenvalue weighted by atomic mass is 32.2. The summed E-state index contributed by atoms with van der Waals surface area (Å²) in [6.07, 6.45) is 0.219. The molecule has 2 heterocycles. The molecule has 1 atom stereocenters. The number of hydrogen-bond donors (Lipinski definition) is 2. The number of piperidine rings is 1. The average molecular weight is 741 g/mol. The number of nitrogens with zero attached hydrogens (tertiary/aromatic N) is 1. The van der Waals surface area contributed by atoms with Crippen molar-refractivity contribution in [3.05, 3.63) is 58.7 Å². The summed E-state index contributed by atoms with van der Waals surface area (Å²) in [5, 5.41) is 2.10. The highest BCUT2D eigenvalue weighted by molar-refractivity contribution is 7.91. The van der Waals surface area contributed by atoms with E-state index in [-0.39, 0.29) is 66.8 Å². The Bertz CT molecular complexity index is 1780. The fraction of sp³-hybridized carbons (Fsp3) is 0.500. The van der Waals surface area contributed by atoms with Crippen LogP contribution in [-0.2, 0) is 59.6 Å². The van der Waals surface area contributed by atoms with Gasteiger partial charge < -0.3 is 23.7 Å². The molecule has 0 spiro atoms. The van der Waals surface area contributed by atoms with Crippen LogP contribution in [0, 0.1) is 6.92 Å². The Morgan fingerprint density at radius 2 is 1.34 bits per heavy atom. The van der Waals surface area contributed by atoms with Crippen LogP contribution in [-0.4, -0.2) is 128 Å². The van der Waals surface area contributed by atoms with Crippen LogP contribution in [0.3, 0.4) is 0 Å². The Hall–Kier alpha value is -3.62. The first-order chi connectivity index (χ1) is 23.8. The van der Waals surface area contributed by atoms with Crippen molar-refractivity contribution in [2.24, 2.45) is 0 Å². The molecule has 1 saturated heterocycles. The van der Waals surface area contributed by atoms with E-state index in [4.69, 9.17) is 23.7 Å². The summed E-state index contributed by atoms with van der Waals surface area (Å²) < 4.78 is 85.8. The van der Waals surface area contributed by atoms with Gasteiger partial charge in [-0.2, -0.15) is 8.42 Å². The Morgan fingerprint density at radius 1 is 0.760 bits per heavy atom. The van der Waals surface area contributed by atoms with Crippen molar-refractivity contribution >= 4 is 43.6 Å². The number of hydrogen-bond acceptors (Lipinski definition) is 13. The molecule has 4 rings (SSSR count). The lowest BCUT2D eigenvalue weighted by Crippen LogP contribution is -2.54. The molecule has 0 aliphatic carbocycles. The number of carbonyl (C=O) groups is 4. The lowest BCUT2D eigenvalue weighted by molar-refractivity contribution is -0.136. The second-order valence-corrected chi connectivity index (χ2v) is 14.8. The van der Waals surface area contributed by atoms with Crippen LogP contribution in [0.2, 0.25) is 0 Å². The Kier molecular flexibility index (Phi) is 14.1. The van der Waals surface area contributed by atoms with E-state index in [1.807, 2.05) is 6.92 Å². The van der Waals surface area contributed by atoms with E-state index in [1.54, 1.807) is 12.1 Å². The summed E-state index contributed by atoms with van der Waals surface area (Å²) in [5.74, 6) is -3.45. The van der Waals surface area contributed by atoms with Crippen LogP contribution in [0.25, 0.3) is 0 Å². The zero-order valence-corrected chi connectivity index (χ0v) is 29.1. The number of ether oxygens (including phenoxy) is 5. The topological polar surface area (TPSA) is 218 Å². The minimum absolute atomic E-state index is 0.0457. The van der Waals surface area contributed by atoms with Gasteiger partial charge in [-0.15, -0.1) is 0 Å². The quantitative estimate of drug-likeness (QED) is 0.103. The van der Waals surface area contributed by atoms with Gasteiger partial charge in [-0.05, 0) is 43.5 Å². The van der Waals surface area contributed by atoms with E-state index in [2.05, 4.69) is 5.32 Å². The fourth-order valence-corrected chi connectivity index (χ4v) is 7.42. The molecule has 50 heavy (non-hydrogen) atoms. The van der Waals surface area contributed by atoms with E-state index in [1.165, 1.54) is 24.3 Å². The standard InChI is InChI=1S/C32H40N2O14S2/c1-22-5-7-26(50(41,42)43)23(21-22)9-10-44-11-12-45-13-14-46-15-16-47-17-18-48-19-20-49(39,40)27-4-2-3-24-29(27)32(38)34(31(24)37)25-6-8-28(35)33-30(25)36/h2-5,7,21,25H,6,8-20H2,1H3,(H,33,35,36)(H,41,42,43). The van der Waals surface area contributed by atoms with Gasteiger partial charge in [0.15, 0.2) is 9.84 Å². The SMILES string of the molecule is Cc1ccc(S(=O)(=O)O)c(CCOCCOCCOCCOCCOCCS(=O)(=O)c2cccc3c2C(=O)N(C2CCC(=O)NC2=O)C3=O)c1. The molecule has 0 aromatic heterocycles. The predicted molar refractivity (Wildman–Crippen MR) is 174 cm³/mol. The Labute approximate surface area is 290 Å². The molecule has 0 radical (unpaired) electrons. The highest BCUT2D eigenvalue weighted by Crippen LogP contribution is 2.32. The van der Waals surface area contributed by atoms with Gasteiger partial charge in [0.05, 0.1) is 92.7 Å². The second kappa shape index (κ2) is 18.0. The summed E-state index contributed by atoms with van der Waals surface area (Å²) in [5.41, 5.74) is 0.937. The van der Waals surface area contributed by atoms with Crippen molar-refractivity contribution in [1.82, 2.24) is 10.2 Å². The van der Waals surface area contributed by atoms with Gasteiger partial charge in [0, 0.05) is 6.42 Å². The number of benzene rings is 2. The average Bonchev–Trinajstić information content (AvgIpc) is 3.31. The van der Waals surface area contributed by atoms with Crippen molar-refractivity contribution in [2.75, 3.05) is 71.8 Å². The van der Waals surface area contributed by atoms with Crippen LogP contribution in [0.5, 0.6) is 0 Å². The number of sulfone groups is 1. The first kappa shape index (κ1) is 39.2. The summed E-state index contributed by atoms with van der Waals surface area (Å²) >= 11 is 0. The molecule has 2 aliphatic rings. The van der Waals surface area contributed by atoms with Gasteiger partial charge in [-0.1, -0.05) is 23.8 Å². The normalized spacial score (nSPS) is 16.6. The minimum Gasteiger partial charge on any atom is -0.379 e. The van der Waals surface area contributed by atoms with Gasteiger partial charge in [0.2, 0.25) is 11.8 Å². The molecule has 1 fully saturated rings. The molecular formula is C32H40N2O14S2. The molecule has 0 bridgehead atoms. The number of nitrogens with one attached hydrogen (secondary N) is 1. The Balaban J connectivity index is 1.04. The molecule has 2 aliphatic heterocycles. The van der Waals surface area contributed by atoms with Gasteiger partial charge in [-0.25, -0.2) is 8.42 Å². The smallest absolute Gasteiger partial charge is 0.294 e. The number of aryl methyl sites for hydroxylation is 1. The zero-order valence-electron chi connectivity index (χ0n) is 27.5. The molecule has 2 aromatic rings. The molecule has 16 nitrogen and oxygen atoms in total. The van der Waals surface area contributed by atoms with E-state index in [9.17, 15) is 40.6 Å². The molecular weight excluding hydrogens is 700 g/mol. The van der Waals surface area contributed by atoms with E-state index in [0.717, 1.165) is 10.5 Å². The zero-order chi connectivity index (χ0) is 36.3. The van der Waals surface area contributed by atoms with Gasteiger partial charge in [-0.3, -0.25) is 33.9 Å². The lowest BCUT2D eigenvalue weighted by atomic mass is 10.0. The Morgan fingerprint density at radius 3 is 1.92 bits per heavy atom. The van der Waals surface area contributed by atoms with Gasteiger partial charge in [0.25, 0.3) is 21.9 Å². The monoisotopic (exact) mass is 740 g/mol. The maximum absolute atomic E-state index is 13.2. The summed E-state index contributed by atoms with van der Waals surface area (Å²) in [6.45, 7) is 4.00. The minimum atomic E-state index is -4.31. The highest BCUT2D eigenvalue weighted by Gasteiger charge is 2.46. The molecule has 1 unspecified atom stereocenters. The van der Waals surface area contributed by atoms with Crippen molar-refractivity contribution in [2.45, 2.75) is 42.0 Å². The number of rotatable bonds is 21. The van der Waals surface area contributed by atoms with Gasteiger partial charge in [0.1, 0.15) is 6.04 Å². The second-order valence-electron chi connectivity index (χ2n) is 11.3. The van der Waals surface area contributed by atoms with E-state index in [0.29, 0.717) is 45.0 Å². The molecule has 18 heteroatoms. The van der Waals surface area contributed by atoms with Crippen LogP contribution in [0.4, 0.5) is 0 Å². The lowest BCUT2D eigenvalue weighted by Gasteiger charge is -2.27. The predicted octanol–water partition coefficient (Wildman–Crippen LogP) is 0.742. The maximum atomic E-state index is 13.2. The third-order valence-corrected chi connectivity index (χ3v) is 10.4. The molecule has 2 aromatic carbocycles. The van der Waals surface area contributed by atoms with Crippen LogP contribution >= 0.6 is 0 Å². The van der Waals surface area contributed by atoms with Crippen LogP contribution < -0.4 is 5.32 Å². The third-order valence-electron chi connectivity index (χ3n) is 7.76. The molecule has 4 amide bonds. The summed E-state index contributed by atoms with van der Waals surface area (Å²) in [6, 6.07) is 7.38. The fourth-order valence-electron chi connectivity index (χ4n) is 5.34. The first-order valence-electron chi connectivity index (χ1n) is 15.8. The van der Waals surface area contributed by atoms with Crippen LogP contribution in [0.1, 0.15) is 44.7 Å². The van der Waals surface area contributed by atoms with Crippen molar-refractivity contribution < 1.29 is 64.3 Å². The number of fused-ring (bicyclic) bond motifs is 1. The molecule has 2 N–H and O–H groups in total. The van der Waals surface area contributed by atoms with Crippen molar-refractivity contribution in [3.63, 3.8) is 0 Å². The molecule has 0 saturated carbocycles. The van der Waals surface area contributed by atoms with Crippen LogP contribution in [0.15, 0.2) is 46.2 Å². The summed E-state index contributed by atoms with van der Waals surface area (Å²) in [7, 11) is -8.35.